The molecule has 0 aromatic heterocycles. The largest absolute Gasteiger partial charge is 0.310 e. The molecule has 5 heteroatoms. The number of sulfonamides is 1. The number of hydrogen-bond acceptors (Lipinski definition) is 3. The Morgan fingerprint density at radius 3 is 2.47 bits per heavy atom. The van der Waals surface area contributed by atoms with E-state index in [2.05, 4.69) is 17.0 Å². The molecule has 0 aliphatic heterocycles. The first-order valence-corrected chi connectivity index (χ1v) is 8.48. The lowest BCUT2D eigenvalue weighted by atomic mass is 10.1. The minimum absolute atomic E-state index is 0.125. The van der Waals surface area contributed by atoms with Crippen LogP contribution in [0.2, 0.25) is 0 Å². The van der Waals surface area contributed by atoms with Crippen molar-refractivity contribution < 1.29 is 8.42 Å². The van der Waals surface area contributed by atoms with E-state index in [1.165, 1.54) is 0 Å². The van der Waals surface area contributed by atoms with Crippen LogP contribution in [0.5, 0.6) is 0 Å². The Bertz CT molecular complexity index is 486. The fourth-order valence-corrected chi connectivity index (χ4v) is 3.09. The van der Waals surface area contributed by atoms with E-state index >= 15 is 0 Å². The average Bonchev–Trinajstić information content (AvgIpc) is 2.36. The Labute approximate surface area is 116 Å². The molecule has 108 valence electrons. The monoisotopic (exact) mass is 284 g/mol. The van der Waals surface area contributed by atoms with Gasteiger partial charge in [-0.1, -0.05) is 32.0 Å². The molecule has 1 atom stereocenters. The first-order valence-electron chi connectivity index (χ1n) is 6.83. The Hall–Kier alpha value is -1.07. The zero-order valence-corrected chi connectivity index (χ0v) is 12.8. The summed E-state index contributed by atoms with van der Waals surface area (Å²) in [5, 5.41) is 3.37. The molecule has 2 N–H and O–H groups in total. The minimum Gasteiger partial charge on any atom is -0.310 e. The van der Waals surface area contributed by atoms with Crippen molar-refractivity contribution in [3.63, 3.8) is 0 Å². The summed E-state index contributed by atoms with van der Waals surface area (Å²) in [6.07, 6.45) is 1.66. The number of hydrogen-bond donors (Lipinski definition) is 2. The van der Waals surface area contributed by atoms with Gasteiger partial charge in [0.25, 0.3) is 0 Å². The lowest BCUT2D eigenvalue weighted by Crippen LogP contribution is -2.22. The second-order valence-electron chi connectivity index (χ2n) is 4.68. The van der Waals surface area contributed by atoms with Crippen LogP contribution in [-0.2, 0) is 10.0 Å². The van der Waals surface area contributed by atoms with E-state index < -0.39 is 10.0 Å². The van der Waals surface area contributed by atoms with Crippen LogP contribution in [0.4, 0.5) is 5.69 Å². The SMILES string of the molecule is CCCNC(C)c1ccccc1NS(=O)(=O)CCC. The van der Waals surface area contributed by atoms with Gasteiger partial charge in [0, 0.05) is 6.04 Å². The molecule has 4 nitrogen and oxygen atoms in total. The van der Waals surface area contributed by atoms with Gasteiger partial charge >= 0.3 is 0 Å². The second kappa shape index (κ2) is 7.50. The van der Waals surface area contributed by atoms with E-state index in [0.29, 0.717) is 12.1 Å². The number of para-hydroxylation sites is 1. The van der Waals surface area contributed by atoms with Crippen molar-refractivity contribution in [3.8, 4) is 0 Å². The van der Waals surface area contributed by atoms with Gasteiger partial charge < -0.3 is 5.32 Å². The molecule has 1 aromatic carbocycles. The standard InChI is InChI=1S/C14H24N2O2S/c1-4-10-15-12(3)13-8-6-7-9-14(13)16-19(17,18)11-5-2/h6-9,12,15-16H,4-5,10-11H2,1-3H3. The van der Waals surface area contributed by atoms with Gasteiger partial charge in [-0.2, -0.15) is 0 Å². The highest BCUT2D eigenvalue weighted by Gasteiger charge is 2.14. The molecular weight excluding hydrogens is 260 g/mol. The molecule has 19 heavy (non-hydrogen) atoms. The van der Waals surface area contributed by atoms with Crippen LogP contribution >= 0.6 is 0 Å². The predicted octanol–water partition coefficient (Wildman–Crippen LogP) is 2.90. The highest BCUT2D eigenvalue weighted by molar-refractivity contribution is 7.92. The summed E-state index contributed by atoms with van der Waals surface area (Å²) in [5.74, 6) is 0.151. The van der Waals surface area contributed by atoms with Crippen LogP contribution in [-0.4, -0.2) is 20.7 Å². The van der Waals surface area contributed by atoms with Crippen molar-refractivity contribution in [2.45, 2.75) is 39.7 Å². The third-order valence-corrected chi connectivity index (χ3v) is 4.34. The first-order chi connectivity index (χ1) is 9.00. The van der Waals surface area contributed by atoms with Crippen molar-refractivity contribution in [2.24, 2.45) is 0 Å². The van der Waals surface area contributed by atoms with E-state index in [4.69, 9.17) is 0 Å². The van der Waals surface area contributed by atoms with Crippen LogP contribution in [0.3, 0.4) is 0 Å². The molecule has 1 unspecified atom stereocenters. The van der Waals surface area contributed by atoms with Crippen molar-refractivity contribution in [3.05, 3.63) is 29.8 Å². The molecule has 0 bridgehead atoms. The molecule has 0 radical (unpaired) electrons. The smallest absolute Gasteiger partial charge is 0.232 e. The Kier molecular flexibility index (Phi) is 6.31. The van der Waals surface area contributed by atoms with Gasteiger partial charge in [0.2, 0.25) is 10.0 Å². The third-order valence-electron chi connectivity index (χ3n) is 2.87. The van der Waals surface area contributed by atoms with Gasteiger partial charge in [0.05, 0.1) is 11.4 Å². The van der Waals surface area contributed by atoms with Crippen LogP contribution in [0.1, 0.15) is 45.2 Å². The molecule has 0 fully saturated rings. The van der Waals surface area contributed by atoms with E-state index in [0.717, 1.165) is 18.5 Å². The maximum atomic E-state index is 11.9. The summed E-state index contributed by atoms with van der Waals surface area (Å²) >= 11 is 0. The summed E-state index contributed by atoms with van der Waals surface area (Å²) in [4.78, 5) is 0. The highest BCUT2D eigenvalue weighted by atomic mass is 32.2. The number of rotatable bonds is 8. The van der Waals surface area contributed by atoms with Gasteiger partial charge in [-0.05, 0) is 37.9 Å². The maximum absolute atomic E-state index is 11.9. The van der Waals surface area contributed by atoms with Crippen molar-refractivity contribution in [2.75, 3.05) is 17.0 Å². The normalized spacial score (nSPS) is 13.2. The summed E-state index contributed by atoms with van der Waals surface area (Å²) < 4.78 is 26.4. The minimum atomic E-state index is -3.24. The summed E-state index contributed by atoms with van der Waals surface area (Å²) in [6, 6.07) is 7.67. The van der Waals surface area contributed by atoms with Crippen molar-refractivity contribution in [1.29, 1.82) is 0 Å². The fourth-order valence-electron chi connectivity index (χ4n) is 1.93. The third kappa shape index (κ3) is 5.20. The van der Waals surface area contributed by atoms with Gasteiger partial charge in [-0.25, -0.2) is 8.42 Å². The highest BCUT2D eigenvalue weighted by Crippen LogP contribution is 2.23. The predicted molar refractivity (Wildman–Crippen MR) is 80.9 cm³/mol. The Morgan fingerprint density at radius 2 is 1.84 bits per heavy atom. The summed E-state index contributed by atoms with van der Waals surface area (Å²) in [6.45, 7) is 6.92. The van der Waals surface area contributed by atoms with Gasteiger partial charge in [-0.15, -0.1) is 0 Å². The van der Waals surface area contributed by atoms with E-state index in [1.54, 1.807) is 0 Å². The Balaban J connectivity index is 2.90. The van der Waals surface area contributed by atoms with Gasteiger partial charge in [0.15, 0.2) is 0 Å². The molecule has 0 aliphatic rings. The second-order valence-corrected chi connectivity index (χ2v) is 6.53. The number of nitrogens with one attached hydrogen (secondary N) is 2. The number of benzene rings is 1. The zero-order chi connectivity index (χ0) is 14.3. The lowest BCUT2D eigenvalue weighted by Gasteiger charge is -2.18. The molecule has 0 saturated carbocycles. The van der Waals surface area contributed by atoms with Crippen LogP contribution < -0.4 is 10.0 Å². The van der Waals surface area contributed by atoms with Crippen LogP contribution in [0.25, 0.3) is 0 Å². The molecule has 0 heterocycles. The fraction of sp³-hybridized carbons (Fsp3) is 0.571. The molecule has 0 spiro atoms. The molecule has 0 saturated heterocycles. The topological polar surface area (TPSA) is 58.2 Å². The Morgan fingerprint density at radius 1 is 1.16 bits per heavy atom. The molecule has 0 aliphatic carbocycles. The lowest BCUT2D eigenvalue weighted by molar-refractivity contribution is 0.571. The van der Waals surface area contributed by atoms with E-state index in [9.17, 15) is 8.42 Å². The summed E-state index contributed by atoms with van der Waals surface area (Å²) in [7, 11) is -3.24. The molecule has 0 amide bonds. The van der Waals surface area contributed by atoms with E-state index in [1.807, 2.05) is 38.1 Å². The molecular formula is C14H24N2O2S. The summed E-state index contributed by atoms with van der Waals surface area (Å²) in [5.41, 5.74) is 1.66. The van der Waals surface area contributed by atoms with Crippen LogP contribution in [0, 0.1) is 0 Å². The van der Waals surface area contributed by atoms with Crippen molar-refractivity contribution >= 4 is 15.7 Å². The average molecular weight is 284 g/mol. The number of anilines is 1. The maximum Gasteiger partial charge on any atom is 0.232 e. The quantitative estimate of drug-likeness (QED) is 0.771. The zero-order valence-electron chi connectivity index (χ0n) is 11.9. The molecule has 1 rings (SSSR count). The van der Waals surface area contributed by atoms with E-state index in [-0.39, 0.29) is 11.8 Å². The van der Waals surface area contributed by atoms with Gasteiger partial charge in [-0.3, -0.25) is 4.72 Å². The first kappa shape index (κ1) is 16.0. The van der Waals surface area contributed by atoms with Crippen LogP contribution in [0.15, 0.2) is 24.3 Å². The molecule has 1 aromatic rings. The van der Waals surface area contributed by atoms with Gasteiger partial charge in [0.1, 0.15) is 0 Å². The van der Waals surface area contributed by atoms with Crippen molar-refractivity contribution in [1.82, 2.24) is 5.32 Å².